The van der Waals surface area contributed by atoms with Gasteiger partial charge in [0.05, 0.1) is 5.69 Å². The van der Waals surface area contributed by atoms with Crippen LogP contribution in [-0.4, -0.2) is 24.6 Å². The molecule has 0 heterocycles. The molecular formula is C12H17F3N2. The van der Waals surface area contributed by atoms with Gasteiger partial charge in [-0.1, -0.05) is 13.8 Å². The molecule has 0 unspecified atom stereocenters. The van der Waals surface area contributed by atoms with E-state index in [1.165, 1.54) is 0 Å². The molecule has 0 aliphatic carbocycles. The zero-order chi connectivity index (χ0) is 13.0. The molecule has 2 nitrogen and oxygen atoms in total. The highest BCUT2D eigenvalue weighted by molar-refractivity contribution is 5.47. The summed E-state index contributed by atoms with van der Waals surface area (Å²) in [6.45, 7) is 7.50. The highest BCUT2D eigenvalue weighted by Gasteiger charge is 2.18. The Balaban J connectivity index is 3.15. The van der Waals surface area contributed by atoms with Crippen molar-refractivity contribution in [1.29, 1.82) is 0 Å². The fourth-order valence-corrected chi connectivity index (χ4v) is 1.80. The molecule has 0 bridgehead atoms. The average molecular weight is 246 g/mol. The van der Waals surface area contributed by atoms with Gasteiger partial charge in [-0.2, -0.15) is 0 Å². The minimum Gasteiger partial charge on any atom is -0.303 e. The van der Waals surface area contributed by atoms with E-state index in [-0.39, 0.29) is 5.69 Å². The van der Waals surface area contributed by atoms with E-state index in [1.807, 2.05) is 25.8 Å². The Bertz CT molecular complexity index is 378. The Hall–Kier alpha value is -1.23. The van der Waals surface area contributed by atoms with E-state index in [1.54, 1.807) is 5.01 Å². The fraction of sp³-hybridized carbons (Fsp3) is 0.500. The topological polar surface area (TPSA) is 6.48 Å². The summed E-state index contributed by atoms with van der Waals surface area (Å²) in [6.07, 6.45) is 0. The van der Waals surface area contributed by atoms with Crippen LogP contribution < -0.4 is 5.01 Å². The second-order valence-corrected chi connectivity index (χ2v) is 3.57. The number of hydrazine groups is 1. The maximum Gasteiger partial charge on any atom is 0.161 e. The highest BCUT2D eigenvalue weighted by Crippen LogP contribution is 2.23. The molecule has 0 aliphatic heterocycles. The van der Waals surface area contributed by atoms with Gasteiger partial charge >= 0.3 is 0 Å². The van der Waals surface area contributed by atoms with Crippen LogP contribution in [0.2, 0.25) is 0 Å². The lowest BCUT2D eigenvalue weighted by molar-refractivity contribution is 0.276. The molecule has 96 valence electrons. The average Bonchev–Trinajstić information content (AvgIpc) is 2.31. The van der Waals surface area contributed by atoms with Gasteiger partial charge in [-0.25, -0.2) is 18.2 Å². The van der Waals surface area contributed by atoms with Crippen molar-refractivity contribution in [2.24, 2.45) is 0 Å². The Morgan fingerprint density at radius 2 is 1.35 bits per heavy atom. The minimum absolute atomic E-state index is 0.0649. The number of nitrogens with zero attached hydrogens (tertiary/aromatic N) is 2. The highest BCUT2D eigenvalue weighted by atomic mass is 19.2. The molecular weight excluding hydrogens is 229 g/mol. The summed E-state index contributed by atoms with van der Waals surface area (Å²) < 4.78 is 39.6. The number of anilines is 1. The second kappa shape index (κ2) is 5.91. The van der Waals surface area contributed by atoms with Gasteiger partial charge in [0.15, 0.2) is 17.5 Å². The Morgan fingerprint density at radius 3 is 1.82 bits per heavy atom. The van der Waals surface area contributed by atoms with E-state index < -0.39 is 17.5 Å². The summed E-state index contributed by atoms with van der Waals surface area (Å²) in [5.41, 5.74) is 0.0649. The molecule has 0 atom stereocenters. The smallest absolute Gasteiger partial charge is 0.161 e. The molecule has 0 aliphatic rings. The van der Waals surface area contributed by atoms with Gasteiger partial charge in [0, 0.05) is 31.8 Å². The first kappa shape index (κ1) is 13.8. The van der Waals surface area contributed by atoms with Crippen LogP contribution in [0.25, 0.3) is 0 Å². The normalized spacial score (nSPS) is 11.0. The molecule has 0 spiro atoms. The molecule has 17 heavy (non-hydrogen) atoms. The maximum atomic E-state index is 13.6. The summed E-state index contributed by atoms with van der Waals surface area (Å²) in [4.78, 5) is 0. The summed E-state index contributed by atoms with van der Waals surface area (Å²) in [7, 11) is 0. The number of rotatable bonds is 5. The lowest BCUT2D eigenvalue weighted by atomic mass is 10.2. The predicted molar refractivity (Wildman–Crippen MR) is 62.3 cm³/mol. The monoisotopic (exact) mass is 246 g/mol. The third kappa shape index (κ3) is 2.91. The fourth-order valence-electron chi connectivity index (χ4n) is 1.80. The van der Waals surface area contributed by atoms with Crippen LogP contribution >= 0.6 is 0 Å². The van der Waals surface area contributed by atoms with E-state index >= 15 is 0 Å². The van der Waals surface area contributed by atoms with Crippen LogP contribution in [0.15, 0.2) is 12.1 Å². The number of hydrogen-bond donors (Lipinski definition) is 0. The molecule has 0 radical (unpaired) electrons. The number of halogens is 3. The molecule has 1 aromatic rings. The largest absolute Gasteiger partial charge is 0.303 e. The summed E-state index contributed by atoms with van der Waals surface area (Å²) in [5.74, 6) is -2.95. The van der Waals surface area contributed by atoms with Crippen molar-refractivity contribution < 1.29 is 13.2 Å². The van der Waals surface area contributed by atoms with Crippen molar-refractivity contribution in [2.45, 2.75) is 20.8 Å². The van der Waals surface area contributed by atoms with Gasteiger partial charge < -0.3 is 5.01 Å². The molecule has 0 aromatic heterocycles. The third-order valence-corrected chi connectivity index (χ3v) is 2.64. The van der Waals surface area contributed by atoms with Gasteiger partial charge in [-0.05, 0) is 6.92 Å². The van der Waals surface area contributed by atoms with Crippen molar-refractivity contribution in [3.8, 4) is 0 Å². The Labute approximate surface area is 99.6 Å². The van der Waals surface area contributed by atoms with Crippen LogP contribution in [0.1, 0.15) is 20.8 Å². The first-order valence-corrected chi connectivity index (χ1v) is 5.72. The van der Waals surface area contributed by atoms with Crippen LogP contribution in [0, 0.1) is 17.5 Å². The van der Waals surface area contributed by atoms with E-state index in [2.05, 4.69) is 0 Å². The second-order valence-electron chi connectivity index (χ2n) is 3.57. The lowest BCUT2D eigenvalue weighted by Gasteiger charge is -2.34. The van der Waals surface area contributed by atoms with Gasteiger partial charge in [-0.15, -0.1) is 0 Å². The molecule has 0 saturated heterocycles. The molecule has 0 fully saturated rings. The van der Waals surface area contributed by atoms with Crippen LogP contribution in [0.3, 0.4) is 0 Å². The van der Waals surface area contributed by atoms with Gasteiger partial charge in [0.2, 0.25) is 0 Å². The summed E-state index contributed by atoms with van der Waals surface area (Å²) >= 11 is 0. The number of hydrogen-bond acceptors (Lipinski definition) is 2. The minimum atomic E-state index is -1.16. The van der Waals surface area contributed by atoms with Gasteiger partial charge in [0.1, 0.15) is 0 Å². The van der Waals surface area contributed by atoms with Crippen LogP contribution in [-0.2, 0) is 0 Å². The Kier molecular flexibility index (Phi) is 4.81. The van der Waals surface area contributed by atoms with E-state index in [9.17, 15) is 13.2 Å². The van der Waals surface area contributed by atoms with Crippen molar-refractivity contribution >= 4 is 5.69 Å². The molecule has 1 rings (SSSR count). The van der Waals surface area contributed by atoms with Crippen molar-refractivity contribution in [1.82, 2.24) is 5.01 Å². The van der Waals surface area contributed by atoms with E-state index in [4.69, 9.17) is 0 Å². The van der Waals surface area contributed by atoms with Crippen molar-refractivity contribution in [2.75, 3.05) is 24.6 Å². The molecule has 0 saturated carbocycles. The molecule has 0 amide bonds. The van der Waals surface area contributed by atoms with E-state index in [0.29, 0.717) is 25.7 Å². The first-order valence-electron chi connectivity index (χ1n) is 5.72. The third-order valence-electron chi connectivity index (χ3n) is 2.64. The summed E-state index contributed by atoms with van der Waals surface area (Å²) in [6, 6.07) is 1.48. The van der Waals surface area contributed by atoms with Crippen molar-refractivity contribution in [3.63, 3.8) is 0 Å². The SMILES string of the molecule is CCN(CC)N(CC)c1cc(F)c(F)cc1F. The predicted octanol–water partition coefficient (Wildman–Crippen LogP) is 3.19. The zero-order valence-corrected chi connectivity index (χ0v) is 10.3. The summed E-state index contributed by atoms with van der Waals surface area (Å²) in [5, 5.41) is 3.47. The number of benzene rings is 1. The van der Waals surface area contributed by atoms with Gasteiger partial charge in [-0.3, -0.25) is 0 Å². The molecule has 0 N–H and O–H groups in total. The van der Waals surface area contributed by atoms with E-state index in [0.717, 1.165) is 6.07 Å². The maximum absolute atomic E-state index is 13.6. The molecule has 1 aromatic carbocycles. The van der Waals surface area contributed by atoms with Gasteiger partial charge in [0.25, 0.3) is 0 Å². The van der Waals surface area contributed by atoms with Crippen molar-refractivity contribution in [3.05, 3.63) is 29.6 Å². The quantitative estimate of drug-likeness (QED) is 0.581. The lowest BCUT2D eigenvalue weighted by Crippen LogP contribution is -2.43. The van der Waals surface area contributed by atoms with Crippen LogP contribution in [0.5, 0.6) is 0 Å². The Morgan fingerprint density at radius 1 is 0.824 bits per heavy atom. The first-order chi connectivity index (χ1) is 8.04. The van der Waals surface area contributed by atoms with Crippen LogP contribution in [0.4, 0.5) is 18.9 Å². The zero-order valence-electron chi connectivity index (χ0n) is 10.3. The molecule has 5 heteroatoms. The standard InChI is InChI=1S/C12H17F3N2/c1-4-16(5-2)17(6-3)12-8-10(14)9(13)7-11(12)15/h7-8H,4-6H2,1-3H3.